The smallest absolute Gasteiger partial charge is 0.119 e. The van der Waals surface area contributed by atoms with Crippen LogP contribution in [0.15, 0.2) is 24.3 Å². The molecule has 0 radical (unpaired) electrons. The van der Waals surface area contributed by atoms with Crippen molar-refractivity contribution in [2.45, 2.75) is 32.7 Å². The number of ether oxygens (including phenoxy) is 1. The fourth-order valence-corrected chi connectivity index (χ4v) is 3.07. The second kappa shape index (κ2) is 7.65. The first-order chi connectivity index (χ1) is 9.74. The van der Waals surface area contributed by atoms with E-state index < -0.39 is 0 Å². The number of nitrogens with one attached hydrogen (secondary N) is 1. The molecule has 1 N–H and O–H groups in total. The Morgan fingerprint density at radius 2 is 2.10 bits per heavy atom. The lowest BCUT2D eigenvalue weighted by molar-refractivity contribution is 0.168. The molecule has 1 heterocycles. The molecule has 2 rings (SSSR count). The van der Waals surface area contributed by atoms with Gasteiger partial charge < -0.3 is 10.1 Å². The first-order valence-corrected chi connectivity index (χ1v) is 7.83. The first kappa shape index (κ1) is 15.3. The molecule has 0 amide bonds. The van der Waals surface area contributed by atoms with Gasteiger partial charge in [0, 0.05) is 12.6 Å². The maximum Gasteiger partial charge on any atom is 0.119 e. The van der Waals surface area contributed by atoms with Gasteiger partial charge in [0.25, 0.3) is 0 Å². The van der Waals surface area contributed by atoms with Crippen molar-refractivity contribution in [3.8, 4) is 5.75 Å². The van der Waals surface area contributed by atoms with E-state index in [0.29, 0.717) is 6.04 Å². The minimum absolute atomic E-state index is 0.449. The predicted octanol–water partition coefficient (Wildman–Crippen LogP) is 3.08. The highest BCUT2D eigenvalue weighted by Crippen LogP contribution is 2.26. The van der Waals surface area contributed by atoms with Crippen LogP contribution in [0.2, 0.25) is 0 Å². The quantitative estimate of drug-likeness (QED) is 0.864. The number of piperidine rings is 1. The van der Waals surface area contributed by atoms with E-state index in [9.17, 15) is 0 Å². The van der Waals surface area contributed by atoms with Crippen LogP contribution in [0.4, 0.5) is 0 Å². The van der Waals surface area contributed by atoms with Gasteiger partial charge in [0.1, 0.15) is 5.75 Å². The zero-order valence-corrected chi connectivity index (χ0v) is 13.1. The van der Waals surface area contributed by atoms with E-state index in [4.69, 9.17) is 4.74 Å². The van der Waals surface area contributed by atoms with Gasteiger partial charge in [0.05, 0.1) is 7.11 Å². The van der Waals surface area contributed by atoms with Crippen LogP contribution < -0.4 is 10.1 Å². The van der Waals surface area contributed by atoms with E-state index >= 15 is 0 Å². The lowest BCUT2D eigenvalue weighted by atomic mass is 9.96. The van der Waals surface area contributed by atoms with Crippen molar-refractivity contribution in [3.05, 3.63) is 29.8 Å². The van der Waals surface area contributed by atoms with Crippen molar-refractivity contribution >= 4 is 0 Å². The maximum absolute atomic E-state index is 5.34. The van der Waals surface area contributed by atoms with Gasteiger partial charge in [-0.2, -0.15) is 0 Å². The molecule has 112 valence electrons. The van der Waals surface area contributed by atoms with Crippen molar-refractivity contribution < 1.29 is 4.74 Å². The first-order valence-electron chi connectivity index (χ1n) is 7.83. The number of rotatable bonds is 6. The van der Waals surface area contributed by atoms with Gasteiger partial charge in [-0.05, 0) is 63.0 Å². The molecule has 1 unspecified atom stereocenters. The Morgan fingerprint density at radius 3 is 2.75 bits per heavy atom. The van der Waals surface area contributed by atoms with Crippen molar-refractivity contribution in [1.82, 2.24) is 10.2 Å². The molecule has 1 aromatic carbocycles. The molecule has 1 aliphatic heterocycles. The third-order valence-corrected chi connectivity index (χ3v) is 4.48. The Hall–Kier alpha value is -1.06. The van der Waals surface area contributed by atoms with Gasteiger partial charge in [0.15, 0.2) is 0 Å². The number of hydrogen-bond donors (Lipinski definition) is 1. The second-order valence-corrected chi connectivity index (χ2v) is 5.73. The molecule has 1 aromatic rings. The third-order valence-electron chi connectivity index (χ3n) is 4.48. The van der Waals surface area contributed by atoms with E-state index in [1.807, 2.05) is 6.07 Å². The average Bonchev–Trinajstić information content (AvgIpc) is 2.53. The monoisotopic (exact) mass is 276 g/mol. The highest BCUT2D eigenvalue weighted by atomic mass is 16.5. The Balaban J connectivity index is 2.01. The van der Waals surface area contributed by atoms with Crippen LogP contribution in [-0.2, 0) is 0 Å². The van der Waals surface area contributed by atoms with E-state index in [0.717, 1.165) is 18.2 Å². The van der Waals surface area contributed by atoms with Gasteiger partial charge in [-0.3, -0.25) is 4.90 Å². The van der Waals surface area contributed by atoms with Gasteiger partial charge in [0.2, 0.25) is 0 Å². The standard InChI is InChI=1S/C17H28N2O/c1-4-19(13-15-8-10-18-11-9-15)14(2)16-6-5-7-17(12-16)20-3/h5-7,12,14-15,18H,4,8-11,13H2,1-3H3. The topological polar surface area (TPSA) is 24.5 Å². The summed E-state index contributed by atoms with van der Waals surface area (Å²) in [6.07, 6.45) is 2.61. The summed E-state index contributed by atoms with van der Waals surface area (Å²) >= 11 is 0. The second-order valence-electron chi connectivity index (χ2n) is 5.73. The Labute approximate surface area is 123 Å². The lowest BCUT2D eigenvalue weighted by Gasteiger charge is -2.33. The molecule has 0 spiro atoms. The molecule has 1 saturated heterocycles. The van der Waals surface area contributed by atoms with Gasteiger partial charge in [-0.25, -0.2) is 0 Å². The molecule has 0 aliphatic carbocycles. The molecule has 1 fully saturated rings. The summed E-state index contributed by atoms with van der Waals surface area (Å²) in [7, 11) is 1.73. The van der Waals surface area contributed by atoms with Crippen LogP contribution in [0.5, 0.6) is 5.75 Å². The van der Waals surface area contributed by atoms with Crippen LogP contribution in [0.3, 0.4) is 0 Å². The average molecular weight is 276 g/mol. The van der Waals surface area contributed by atoms with E-state index in [2.05, 4.69) is 42.3 Å². The largest absolute Gasteiger partial charge is 0.497 e. The SMILES string of the molecule is CCN(CC1CCNCC1)C(C)c1cccc(OC)c1. The molecule has 1 atom stereocenters. The summed E-state index contributed by atoms with van der Waals surface area (Å²) in [6.45, 7) is 9.22. The normalized spacial score (nSPS) is 18.2. The van der Waals surface area contributed by atoms with Crippen LogP contribution in [0.25, 0.3) is 0 Å². The predicted molar refractivity (Wildman–Crippen MR) is 84.2 cm³/mol. The zero-order valence-electron chi connectivity index (χ0n) is 13.1. The van der Waals surface area contributed by atoms with Gasteiger partial charge in [-0.15, -0.1) is 0 Å². The number of hydrogen-bond acceptors (Lipinski definition) is 3. The zero-order chi connectivity index (χ0) is 14.4. The minimum atomic E-state index is 0.449. The van der Waals surface area contributed by atoms with Crippen molar-refractivity contribution in [3.63, 3.8) is 0 Å². The van der Waals surface area contributed by atoms with Crippen LogP contribution in [-0.4, -0.2) is 38.2 Å². The number of benzene rings is 1. The molecular weight excluding hydrogens is 248 g/mol. The van der Waals surface area contributed by atoms with E-state index in [1.54, 1.807) is 7.11 Å². The van der Waals surface area contributed by atoms with Gasteiger partial charge in [-0.1, -0.05) is 19.1 Å². The van der Waals surface area contributed by atoms with Crippen molar-refractivity contribution in [2.75, 3.05) is 33.3 Å². The third kappa shape index (κ3) is 3.97. The maximum atomic E-state index is 5.34. The van der Waals surface area contributed by atoms with E-state index in [-0.39, 0.29) is 0 Å². The molecule has 0 bridgehead atoms. The molecule has 3 nitrogen and oxygen atoms in total. The lowest BCUT2D eigenvalue weighted by Crippen LogP contribution is -2.37. The molecule has 0 saturated carbocycles. The Bertz CT molecular complexity index is 402. The highest BCUT2D eigenvalue weighted by Gasteiger charge is 2.20. The van der Waals surface area contributed by atoms with Crippen LogP contribution in [0.1, 0.15) is 38.3 Å². The van der Waals surface area contributed by atoms with Crippen molar-refractivity contribution in [2.24, 2.45) is 5.92 Å². The van der Waals surface area contributed by atoms with E-state index in [1.165, 1.54) is 38.0 Å². The van der Waals surface area contributed by atoms with Crippen LogP contribution in [0, 0.1) is 5.92 Å². The Morgan fingerprint density at radius 1 is 1.35 bits per heavy atom. The molecule has 20 heavy (non-hydrogen) atoms. The summed E-state index contributed by atoms with van der Waals surface area (Å²) in [4.78, 5) is 2.59. The summed E-state index contributed by atoms with van der Waals surface area (Å²) in [5.74, 6) is 1.79. The molecular formula is C17H28N2O. The Kier molecular flexibility index (Phi) is 5.86. The number of nitrogens with zero attached hydrogens (tertiary/aromatic N) is 1. The molecule has 0 aromatic heterocycles. The summed E-state index contributed by atoms with van der Waals surface area (Å²) in [5, 5.41) is 3.45. The van der Waals surface area contributed by atoms with Crippen molar-refractivity contribution in [1.29, 1.82) is 0 Å². The summed E-state index contributed by atoms with van der Waals surface area (Å²) in [5.41, 5.74) is 1.35. The minimum Gasteiger partial charge on any atom is -0.497 e. The highest BCUT2D eigenvalue weighted by molar-refractivity contribution is 5.30. The number of methoxy groups -OCH3 is 1. The molecule has 1 aliphatic rings. The fraction of sp³-hybridized carbons (Fsp3) is 0.647. The molecule has 3 heteroatoms. The fourth-order valence-electron chi connectivity index (χ4n) is 3.07. The van der Waals surface area contributed by atoms with Gasteiger partial charge >= 0.3 is 0 Å². The summed E-state index contributed by atoms with van der Waals surface area (Å²) < 4.78 is 5.34. The summed E-state index contributed by atoms with van der Waals surface area (Å²) in [6, 6.07) is 8.92. The van der Waals surface area contributed by atoms with Crippen LogP contribution >= 0.6 is 0 Å².